The van der Waals surface area contributed by atoms with E-state index in [0.717, 1.165) is 12.8 Å². The van der Waals surface area contributed by atoms with E-state index in [9.17, 15) is 4.79 Å². The summed E-state index contributed by atoms with van der Waals surface area (Å²) in [7, 11) is -0.0903. The lowest BCUT2D eigenvalue weighted by Gasteiger charge is -2.26. The topological polar surface area (TPSA) is 35.5 Å². The average Bonchev–Trinajstić information content (AvgIpc) is 2.49. The normalized spacial score (nSPS) is 38.7. The summed E-state index contributed by atoms with van der Waals surface area (Å²) in [6.07, 6.45) is 3.37. The summed E-state index contributed by atoms with van der Waals surface area (Å²) in [6.45, 7) is 6.55. The van der Waals surface area contributed by atoms with Crippen molar-refractivity contribution in [3.05, 3.63) is 0 Å². The molecule has 2 rings (SSSR count). The number of fused-ring (bicyclic) bond motifs is 1. The molecule has 2 fully saturated rings. The lowest BCUT2D eigenvalue weighted by Crippen LogP contribution is -2.35. The number of esters is 1. The molecule has 3 nitrogen and oxygen atoms in total. The summed E-state index contributed by atoms with van der Waals surface area (Å²) < 4.78 is 11.1. The van der Waals surface area contributed by atoms with Gasteiger partial charge in [-0.25, -0.2) is 0 Å². The van der Waals surface area contributed by atoms with Crippen molar-refractivity contribution in [2.24, 2.45) is 11.8 Å². The van der Waals surface area contributed by atoms with E-state index in [-0.39, 0.29) is 17.5 Å². The van der Waals surface area contributed by atoms with E-state index in [1.54, 1.807) is 0 Å². The van der Waals surface area contributed by atoms with Crippen LogP contribution in [0, 0.1) is 11.8 Å². The highest BCUT2D eigenvalue weighted by Crippen LogP contribution is 2.64. The molecular weight excluding hydrogens is 208 g/mol. The minimum absolute atomic E-state index is 0.0305. The van der Waals surface area contributed by atoms with Crippen LogP contribution in [0.25, 0.3) is 0 Å². The summed E-state index contributed by atoms with van der Waals surface area (Å²) in [4.78, 5) is 11.6. The summed E-state index contributed by atoms with van der Waals surface area (Å²) in [5.74, 6) is 0.401. The Morgan fingerprint density at radius 2 is 2.07 bits per heavy atom. The number of methoxy groups -OCH3 is 1. The van der Waals surface area contributed by atoms with E-state index < -0.39 is 8.32 Å². The highest BCUT2D eigenvalue weighted by Gasteiger charge is 2.72. The summed E-state index contributed by atoms with van der Waals surface area (Å²) in [5, 5.41) is 0. The van der Waals surface area contributed by atoms with E-state index in [2.05, 4.69) is 19.6 Å². The Bertz CT molecular complexity index is 284. The molecule has 86 valence electrons. The third-order valence-electron chi connectivity index (χ3n) is 3.48. The van der Waals surface area contributed by atoms with Crippen LogP contribution >= 0.6 is 0 Å². The van der Waals surface area contributed by atoms with Crippen LogP contribution in [0.15, 0.2) is 0 Å². The molecule has 3 atom stereocenters. The molecule has 0 aromatic heterocycles. The Morgan fingerprint density at radius 1 is 1.40 bits per heavy atom. The molecule has 4 heteroatoms. The molecule has 0 spiro atoms. The predicted octanol–water partition coefficient (Wildman–Crippen LogP) is 2.18. The number of hydrogen-bond acceptors (Lipinski definition) is 3. The van der Waals surface area contributed by atoms with Crippen molar-refractivity contribution in [2.45, 2.75) is 44.5 Å². The molecule has 2 aliphatic carbocycles. The first-order valence-corrected chi connectivity index (χ1v) is 9.09. The second kappa shape index (κ2) is 3.32. The van der Waals surface area contributed by atoms with Gasteiger partial charge < -0.3 is 9.16 Å². The van der Waals surface area contributed by atoms with E-state index in [1.165, 1.54) is 13.5 Å². The molecule has 15 heavy (non-hydrogen) atoms. The lowest BCUT2D eigenvalue weighted by atomic mass is 10.1. The zero-order valence-electron chi connectivity index (χ0n) is 10.0. The zero-order chi connectivity index (χ0) is 11.3. The van der Waals surface area contributed by atoms with Gasteiger partial charge in [0.1, 0.15) is 0 Å². The summed E-state index contributed by atoms with van der Waals surface area (Å²) in [6, 6.07) is 0. The Balaban J connectivity index is 2.10. The SMILES string of the molecule is COC(=O)[C@H]1[C@H]2CCC[C@]21O[Si](C)(C)C. The first kappa shape index (κ1) is 11.1. The smallest absolute Gasteiger partial charge is 0.311 e. The molecule has 2 saturated carbocycles. The van der Waals surface area contributed by atoms with Crippen LogP contribution in [0.3, 0.4) is 0 Å². The number of ether oxygens (including phenoxy) is 1. The van der Waals surface area contributed by atoms with Gasteiger partial charge in [-0.05, 0) is 32.5 Å². The number of carbonyl (C=O) groups is 1. The van der Waals surface area contributed by atoms with Crippen molar-refractivity contribution in [1.82, 2.24) is 0 Å². The van der Waals surface area contributed by atoms with E-state index in [4.69, 9.17) is 9.16 Å². The minimum atomic E-state index is -1.56. The molecule has 0 heterocycles. The van der Waals surface area contributed by atoms with E-state index in [1.807, 2.05) is 0 Å². The number of rotatable bonds is 3. The third-order valence-corrected chi connectivity index (χ3v) is 4.47. The fourth-order valence-electron chi connectivity index (χ4n) is 3.09. The van der Waals surface area contributed by atoms with Crippen LogP contribution in [-0.4, -0.2) is 27.0 Å². The predicted molar refractivity (Wildman–Crippen MR) is 60.0 cm³/mol. The third kappa shape index (κ3) is 1.74. The highest BCUT2D eigenvalue weighted by molar-refractivity contribution is 6.69. The van der Waals surface area contributed by atoms with Gasteiger partial charge in [0.25, 0.3) is 0 Å². The molecule has 0 radical (unpaired) electrons. The number of carbonyl (C=O) groups excluding carboxylic acids is 1. The Kier molecular flexibility index (Phi) is 2.46. The molecule has 0 N–H and O–H groups in total. The van der Waals surface area contributed by atoms with Gasteiger partial charge in [-0.2, -0.15) is 0 Å². The van der Waals surface area contributed by atoms with Crippen LogP contribution in [0.4, 0.5) is 0 Å². The monoisotopic (exact) mass is 228 g/mol. The maximum Gasteiger partial charge on any atom is 0.311 e. The summed E-state index contributed by atoms with van der Waals surface area (Å²) >= 11 is 0. The zero-order valence-corrected chi connectivity index (χ0v) is 11.0. The maximum atomic E-state index is 11.6. The second-order valence-electron chi connectivity index (χ2n) is 5.67. The first-order valence-electron chi connectivity index (χ1n) is 5.69. The van der Waals surface area contributed by atoms with Gasteiger partial charge in [0.15, 0.2) is 8.32 Å². The molecule has 0 aromatic carbocycles. The van der Waals surface area contributed by atoms with Gasteiger partial charge in [-0.15, -0.1) is 0 Å². The van der Waals surface area contributed by atoms with Crippen molar-refractivity contribution in [2.75, 3.05) is 7.11 Å². The quantitative estimate of drug-likeness (QED) is 0.548. The van der Waals surface area contributed by atoms with Gasteiger partial charge in [-0.1, -0.05) is 6.42 Å². The van der Waals surface area contributed by atoms with Crippen LogP contribution in [0.2, 0.25) is 19.6 Å². The van der Waals surface area contributed by atoms with Crippen LogP contribution in [0.1, 0.15) is 19.3 Å². The van der Waals surface area contributed by atoms with Gasteiger partial charge in [0, 0.05) is 5.92 Å². The molecule has 0 unspecified atom stereocenters. The van der Waals surface area contributed by atoms with Crippen molar-refractivity contribution in [3.8, 4) is 0 Å². The standard InChI is InChI=1S/C11H20O3Si/c1-13-10(12)9-8-6-5-7-11(8,9)14-15(2,3)4/h8-9H,5-7H2,1-4H3/t8-,9-,11+/m1/s1. The average molecular weight is 228 g/mol. The van der Waals surface area contributed by atoms with Gasteiger partial charge in [0.05, 0.1) is 18.6 Å². The molecular formula is C11H20O3Si. The number of hydrogen-bond donors (Lipinski definition) is 0. The summed E-state index contributed by atoms with van der Waals surface area (Å²) in [5.41, 5.74) is -0.127. The highest BCUT2D eigenvalue weighted by atomic mass is 28.4. The Hall–Kier alpha value is -0.353. The van der Waals surface area contributed by atoms with Gasteiger partial charge in [0.2, 0.25) is 0 Å². The molecule has 2 aliphatic rings. The lowest BCUT2D eigenvalue weighted by molar-refractivity contribution is -0.144. The van der Waals surface area contributed by atoms with Gasteiger partial charge in [-0.3, -0.25) is 4.79 Å². The Morgan fingerprint density at radius 3 is 2.60 bits per heavy atom. The first-order chi connectivity index (χ1) is 6.91. The fraction of sp³-hybridized carbons (Fsp3) is 0.909. The molecule has 0 bridgehead atoms. The van der Waals surface area contributed by atoms with Crippen molar-refractivity contribution >= 4 is 14.3 Å². The largest absolute Gasteiger partial charge is 0.469 e. The second-order valence-corrected chi connectivity index (χ2v) is 10.1. The Labute approximate surface area is 92.3 Å². The van der Waals surface area contributed by atoms with Crippen LogP contribution < -0.4 is 0 Å². The molecule has 0 aliphatic heterocycles. The minimum Gasteiger partial charge on any atom is -0.469 e. The van der Waals surface area contributed by atoms with Crippen molar-refractivity contribution in [1.29, 1.82) is 0 Å². The van der Waals surface area contributed by atoms with E-state index >= 15 is 0 Å². The van der Waals surface area contributed by atoms with Crippen molar-refractivity contribution < 1.29 is 14.0 Å². The maximum absolute atomic E-state index is 11.6. The molecule has 0 amide bonds. The molecule has 0 saturated heterocycles. The fourth-order valence-corrected chi connectivity index (χ4v) is 4.61. The van der Waals surface area contributed by atoms with Crippen molar-refractivity contribution in [3.63, 3.8) is 0 Å². The van der Waals surface area contributed by atoms with Crippen LogP contribution in [-0.2, 0) is 14.0 Å². The molecule has 0 aromatic rings. The van der Waals surface area contributed by atoms with E-state index in [0.29, 0.717) is 5.92 Å². The van der Waals surface area contributed by atoms with Crippen LogP contribution in [0.5, 0.6) is 0 Å². The van der Waals surface area contributed by atoms with Gasteiger partial charge >= 0.3 is 5.97 Å².